The summed E-state index contributed by atoms with van der Waals surface area (Å²) in [5, 5.41) is -0.100. The maximum absolute atomic E-state index is 12.2. The van der Waals surface area contributed by atoms with Gasteiger partial charge in [-0.15, -0.1) is 13.2 Å². The maximum atomic E-state index is 12.2. The normalized spacial score (nSPS) is 10.6. The minimum Gasteiger partial charge on any atom is -0.404 e. The number of hydrogen-bond donors (Lipinski definition) is 0. The molecule has 102 valence electrons. The first-order chi connectivity index (χ1) is 8.78. The van der Waals surface area contributed by atoms with Crippen LogP contribution in [0.5, 0.6) is 5.75 Å². The van der Waals surface area contributed by atoms with Gasteiger partial charge in [0.25, 0.3) is 0 Å². The lowest BCUT2D eigenvalue weighted by Crippen LogP contribution is -2.17. The Kier molecular flexibility index (Phi) is 5.76. The van der Waals surface area contributed by atoms with Gasteiger partial charge < -0.3 is 4.74 Å². The third-order valence-electron chi connectivity index (χ3n) is 1.74. The van der Waals surface area contributed by atoms with E-state index in [0.29, 0.717) is 4.47 Å². The van der Waals surface area contributed by atoms with E-state index in [-0.39, 0.29) is 22.2 Å². The first-order valence-corrected chi connectivity index (χ1v) is 6.73. The first kappa shape index (κ1) is 15.9. The molecule has 0 aliphatic carbocycles. The third kappa shape index (κ3) is 6.55. The average Bonchev–Trinajstić information content (AvgIpc) is 2.24. The number of carbonyl (C=O) groups excluding carboxylic acids is 1. The van der Waals surface area contributed by atoms with Gasteiger partial charge in [-0.1, -0.05) is 39.5 Å². The molecule has 0 aliphatic heterocycles. The van der Waals surface area contributed by atoms with E-state index < -0.39 is 6.36 Å². The summed E-state index contributed by atoms with van der Waals surface area (Å²) >= 11 is 4.05. The van der Waals surface area contributed by atoms with Crippen molar-refractivity contribution in [2.24, 2.45) is 0 Å². The van der Waals surface area contributed by atoms with Gasteiger partial charge in [0.2, 0.25) is 0 Å². The van der Waals surface area contributed by atoms with Gasteiger partial charge in [-0.25, -0.2) is 0 Å². The summed E-state index contributed by atoms with van der Waals surface area (Å²) in [6, 6.07) is 4.16. The summed E-state index contributed by atoms with van der Waals surface area (Å²) in [6.45, 7) is 1.39. The van der Waals surface area contributed by atoms with Crippen LogP contribution in [0.15, 0.2) is 22.7 Å². The summed E-state index contributed by atoms with van der Waals surface area (Å²) in [7, 11) is 0. The average molecular weight is 353 g/mol. The van der Waals surface area contributed by atoms with E-state index in [1.807, 2.05) is 0 Å². The molecule has 0 fully saturated rings. The Labute approximate surface area is 120 Å². The van der Waals surface area contributed by atoms with Crippen molar-refractivity contribution in [1.29, 1.82) is 0 Å². The van der Waals surface area contributed by atoms with Gasteiger partial charge in [0.15, 0.2) is 5.12 Å². The van der Waals surface area contributed by atoms with Crippen LogP contribution >= 0.6 is 27.7 Å². The molecule has 7 heteroatoms. The highest BCUT2D eigenvalue weighted by Crippen LogP contribution is 2.28. The molecule has 0 atom stereocenters. The van der Waals surface area contributed by atoms with E-state index in [1.165, 1.54) is 19.1 Å². The second-order valence-corrected chi connectivity index (χ2v) is 5.34. The second-order valence-electron chi connectivity index (χ2n) is 3.27. The molecule has 1 aromatic rings. The molecule has 0 aromatic heterocycles. The minimum absolute atomic E-state index is 0.100. The number of ether oxygens (including phenoxy) is 1. The van der Waals surface area contributed by atoms with Gasteiger partial charge in [0.1, 0.15) is 5.75 Å². The van der Waals surface area contributed by atoms with Crippen LogP contribution in [0.1, 0.15) is 12.5 Å². The van der Waals surface area contributed by atoms with Gasteiger partial charge in [-0.3, -0.25) is 4.79 Å². The van der Waals surface area contributed by atoms with Crippen LogP contribution in [0.2, 0.25) is 0 Å². The molecule has 0 saturated carbocycles. The number of benzene rings is 1. The number of halogens is 4. The van der Waals surface area contributed by atoms with E-state index in [9.17, 15) is 18.0 Å². The molecule has 0 radical (unpaired) electrons. The van der Waals surface area contributed by atoms with E-state index >= 15 is 0 Å². The molecule has 0 N–H and O–H groups in total. The van der Waals surface area contributed by atoms with Gasteiger partial charge in [0, 0.05) is 11.4 Å². The molecular weight excluding hydrogens is 345 g/mol. The predicted molar refractivity (Wildman–Crippen MR) is 70.8 cm³/mol. The highest BCUT2D eigenvalue weighted by molar-refractivity contribution is 9.10. The highest BCUT2D eigenvalue weighted by atomic mass is 79.9. The fourth-order valence-corrected chi connectivity index (χ4v) is 1.77. The molecule has 0 amide bonds. The van der Waals surface area contributed by atoms with Crippen LogP contribution in [0, 0.1) is 11.8 Å². The number of alkyl halides is 3. The molecule has 0 saturated heterocycles. The van der Waals surface area contributed by atoms with Crippen LogP contribution in [0.3, 0.4) is 0 Å². The lowest BCUT2D eigenvalue weighted by atomic mass is 10.2. The zero-order valence-corrected chi connectivity index (χ0v) is 12.1. The Hall–Kier alpha value is -1.13. The van der Waals surface area contributed by atoms with Crippen LogP contribution in [0.25, 0.3) is 0 Å². The summed E-state index contributed by atoms with van der Waals surface area (Å²) in [6.07, 6.45) is -4.77. The van der Waals surface area contributed by atoms with Crippen molar-refractivity contribution in [1.82, 2.24) is 0 Å². The fourth-order valence-electron chi connectivity index (χ4n) is 1.08. The Morgan fingerprint density at radius 3 is 2.74 bits per heavy atom. The minimum atomic E-state index is -4.77. The van der Waals surface area contributed by atoms with Gasteiger partial charge in [-0.2, -0.15) is 0 Å². The Balaban J connectivity index is 2.90. The lowest BCUT2D eigenvalue weighted by Gasteiger charge is -2.10. The molecule has 0 aliphatic rings. The van der Waals surface area contributed by atoms with Crippen molar-refractivity contribution in [3.63, 3.8) is 0 Å². The number of carbonyl (C=O) groups is 1. The van der Waals surface area contributed by atoms with Gasteiger partial charge in [0.05, 0.1) is 11.3 Å². The molecule has 1 aromatic carbocycles. The zero-order chi connectivity index (χ0) is 14.5. The molecule has 0 bridgehead atoms. The fraction of sp³-hybridized carbons (Fsp3) is 0.250. The van der Waals surface area contributed by atoms with Gasteiger partial charge >= 0.3 is 6.36 Å². The smallest absolute Gasteiger partial charge is 0.404 e. The molecule has 2 nitrogen and oxygen atoms in total. The molecule has 1 rings (SSSR count). The molecule has 0 heterocycles. The summed E-state index contributed by atoms with van der Waals surface area (Å²) in [5.41, 5.74) is 0.115. The second kappa shape index (κ2) is 6.87. The van der Waals surface area contributed by atoms with E-state index in [2.05, 4.69) is 32.5 Å². The Morgan fingerprint density at radius 1 is 1.47 bits per heavy atom. The van der Waals surface area contributed by atoms with E-state index in [0.717, 1.165) is 11.8 Å². The van der Waals surface area contributed by atoms with Crippen molar-refractivity contribution >= 4 is 32.8 Å². The van der Waals surface area contributed by atoms with Crippen molar-refractivity contribution in [3.05, 3.63) is 28.2 Å². The molecule has 0 unspecified atom stereocenters. The lowest BCUT2D eigenvalue weighted by molar-refractivity contribution is -0.274. The first-order valence-electron chi connectivity index (χ1n) is 4.95. The molecule has 0 spiro atoms. The van der Waals surface area contributed by atoms with Crippen LogP contribution < -0.4 is 4.74 Å². The van der Waals surface area contributed by atoms with E-state index in [4.69, 9.17) is 0 Å². The topological polar surface area (TPSA) is 26.3 Å². The van der Waals surface area contributed by atoms with Gasteiger partial charge in [-0.05, 0) is 18.2 Å². The highest BCUT2D eigenvalue weighted by Gasteiger charge is 2.32. The SMILES string of the molecule is CC(=O)SCC#Cc1ccc(Br)cc1OC(F)(F)F. The maximum Gasteiger partial charge on any atom is 0.573 e. The molecular formula is C12H8BrF3O2S. The zero-order valence-electron chi connectivity index (χ0n) is 9.68. The van der Waals surface area contributed by atoms with Crippen LogP contribution in [-0.2, 0) is 4.79 Å². The predicted octanol–water partition coefficient (Wildman–Crippen LogP) is 3.98. The third-order valence-corrected chi connectivity index (χ3v) is 2.93. The van der Waals surface area contributed by atoms with Crippen LogP contribution in [0.4, 0.5) is 13.2 Å². The number of rotatable bonds is 2. The largest absolute Gasteiger partial charge is 0.573 e. The number of thioether (sulfide) groups is 1. The quantitative estimate of drug-likeness (QED) is 0.753. The summed E-state index contributed by atoms with van der Waals surface area (Å²) < 4.78 is 41.0. The van der Waals surface area contributed by atoms with Crippen molar-refractivity contribution in [2.45, 2.75) is 13.3 Å². The van der Waals surface area contributed by atoms with Crippen molar-refractivity contribution in [3.8, 4) is 17.6 Å². The number of hydrogen-bond acceptors (Lipinski definition) is 3. The summed E-state index contributed by atoms with van der Waals surface area (Å²) in [5.74, 6) is 5.00. The Morgan fingerprint density at radius 2 is 2.16 bits per heavy atom. The van der Waals surface area contributed by atoms with Crippen molar-refractivity contribution < 1.29 is 22.7 Å². The monoisotopic (exact) mass is 352 g/mol. The van der Waals surface area contributed by atoms with E-state index in [1.54, 1.807) is 6.07 Å². The van der Waals surface area contributed by atoms with Crippen LogP contribution in [-0.4, -0.2) is 17.2 Å². The summed E-state index contributed by atoms with van der Waals surface area (Å²) in [4.78, 5) is 10.7. The Bertz CT molecular complexity index is 532. The van der Waals surface area contributed by atoms with Crippen molar-refractivity contribution in [2.75, 3.05) is 5.75 Å². The standard InChI is InChI=1S/C12H8BrF3O2S/c1-8(17)19-6-2-3-9-4-5-10(13)7-11(9)18-12(14,15)16/h4-5,7H,6H2,1H3. The molecule has 19 heavy (non-hydrogen) atoms.